The van der Waals surface area contributed by atoms with Gasteiger partial charge in [0.05, 0.1) is 46.1 Å². The summed E-state index contributed by atoms with van der Waals surface area (Å²) in [5.41, 5.74) is 7.61. The second kappa shape index (κ2) is 9.05. The normalized spacial score (nSPS) is 12.5. The highest BCUT2D eigenvalue weighted by atomic mass is 16.2. The Bertz CT molecular complexity index is 2080. The largest absolute Gasteiger partial charge is 0.307 e. The first kappa shape index (κ1) is 24.1. The number of rotatable bonds is 3. The second-order valence-electron chi connectivity index (χ2n) is 9.96. The molecule has 1 aliphatic heterocycles. The Morgan fingerprint density at radius 2 is 1.29 bits per heavy atom. The maximum Gasteiger partial charge on any atom is 0.263 e. The standard InChI is InChI=1S/C35H20N4O2/c1-37-24-11-4-10-23(19-24)26-13-6-15-28-27-14-5-12-25(22-9-3-8-21(18-22)20-36)32(27)39(33(26)28)30-17-7-16-29-31(30)35(41)38(2)34(29)40/h3-19H,2H3. The molecule has 0 bridgehead atoms. The highest BCUT2D eigenvalue weighted by Crippen LogP contribution is 2.43. The van der Waals surface area contributed by atoms with Crippen LogP contribution < -0.4 is 0 Å². The van der Waals surface area contributed by atoms with Gasteiger partial charge in [0, 0.05) is 28.9 Å². The number of amides is 2. The van der Waals surface area contributed by atoms with Gasteiger partial charge in [-0.15, -0.1) is 0 Å². The van der Waals surface area contributed by atoms with Crippen LogP contribution in [-0.2, 0) is 0 Å². The molecule has 0 radical (unpaired) electrons. The number of para-hydroxylation sites is 2. The average Bonchev–Trinajstić information content (AvgIpc) is 3.48. The van der Waals surface area contributed by atoms with E-state index < -0.39 is 0 Å². The molecule has 2 heterocycles. The van der Waals surface area contributed by atoms with E-state index in [2.05, 4.69) is 15.5 Å². The van der Waals surface area contributed by atoms with Crippen molar-refractivity contribution < 1.29 is 9.59 Å². The first-order valence-corrected chi connectivity index (χ1v) is 13.0. The molecule has 0 atom stereocenters. The zero-order valence-electron chi connectivity index (χ0n) is 21.9. The molecule has 41 heavy (non-hydrogen) atoms. The fourth-order valence-corrected chi connectivity index (χ4v) is 5.89. The second-order valence-corrected chi connectivity index (χ2v) is 9.96. The summed E-state index contributed by atoms with van der Waals surface area (Å²) < 4.78 is 2.07. The van der Waals surface area contributed by atoms with Gasteiger partial charge in [0.25, 0.3) is 11.8 Å². The number of aromatic nitrogens is 1. The van der Waals surface area contributed by atoms with E-state index in [0.717, 1.165) is 49.0 Å². The lowest BCUT2D eigenvalue weighted by Gasteiger charge is -2.16. The smallest absolute Gasteiger partial charge is 0.263 e. The quantitative estimate of drug-likeness (QED) is 0.174. The Balaban J connectivity index is 1.69. The summed E-state index contributed by atoms with van der Waals surface area (Å²) in [6.07, 6.45) is 0. The monoisotopic (exact) mass is 528 g/mol. The summed E-state index contributed by atoms with van der Waals surface area (Å²) in [7, 11) is 1.50. The van der Waals surface area contributed by atoms with Gasteiger partial charge in [-0.2, -0.15) is 5.26 Å². The molecule has 2 amide bonds. The van der Waals surface area contributed by atoms with Crippen molar-refractivity contribution in [3.05, 3.63) is 131 Å². The zero-order valence-corrected chi connectivity index (χ0v) is 21.9. The van der Waals surface area contributed by atoms with Gasteiger partial charge in [-0.25, -0.2) is 4.85 Å². The van der Waals surface area contributed by atoms with Crippen LogP contribution in [0.4, 0.5) is 5.69 Å². The lowest BCUT2D eigenvalue weighted by molar-refractivity contribution is 0.0693. The van der Waals surface area contributed by atoms with Crippen LogP contribution in [0.2, 0.25) is 0 Å². The number of hydrogen-bond donors (Lipinski definition) is 0. The molecule has 1 aliphatic rings. The van der Waals surface area contributed by atoms with Crippen molar-refractivity contribution in [2.75, 3.05) is 7.05 Å². The molecular formula is C35H20N4O2. The fraction of sp³-hybridized carbons (Fsp3) is 0.0286. The summed E-state index contributed by atoms with van der Waals surface area (Å²) in [4.78, 5) is 31.3. The van der Waals surface area contributed by atoms with Crippen LogP contribution in [0.25, 0.3) is 54.6 Å². The van der Waals surface area contributed by atoms with Crippen LogP contribution in [0.3, 0.4) is 0 Å². The van der Waals surface area contributed by atoms with Gasteiger partial charge < -0.3 is 4.57 Å². The number of nitriles is 1. The molecule has 192 valence electrons. The van der Waals surface area contributed by atoms with E-state index in [1.165, 1.54) is 7.05 Å². The van der Waals surface area contributed by atoms with Crippen LogP contribution >= 0.6 is 0 Å². The molecule has 1 aromatic heterocycles. The minimum atomic E-state index is -0.355. The third-order valence-electron chi connectivity index (χ3n) is 7.74. The van der Waals surface area contributed by atoms with Crippen molar-refractivity contribution >= 4 is 39.3 Å². The lowest BCUT2D eigenvalue weighted by atomic mass is 9.99. The van der Waals surface area contributed by atoms with Gasteiger partial charge in [0.1, 0.15) is 0 Å². The van der Waals surface area contributed by atoms with Crippen LogP contribution in [0.1, 0.15) is 26.3 Å². The molecule has 0 aliphatic carbocycles. The van der Waals surface area contributed by atoms with Gasteiger partial charge in [-0.1, -0.05) is 72.8 Å². The third-order valence-corrected chi connectivity index (χ3v) is 7.74. The molecule has 0 spiro atoms. The Morgan fingerprint density at radius 1 is 0.707 bits per heavy atom. The van der Waals surface area contributed by atoms with E-state index >= 15 is 0 Å². The fourth-order valence-electron chi connectivity index (χ4n) is 5.89. The predicted octanol–water partition coefficient (Wildman–Crippen LogP) is 7.77. The van der Waals surface area contributed by atoms with Crippen molar-refractivity contribution in [3.63, 3.8) is 0 Å². The molecular weight excluding hydrogens is 508 g/mol. The van der Waals surface area contributed by atoms with Gasteiger partial charge in [-0.05, 0) is 41.5 Å². The molecule has 0 fully saturated rings. The van der Waals surface area contributed by atoms with Crippen molar-refractivity contribution in [2.24, 2.45) is 0 Å². The molecule has 6 nitrogen and oxygen atoms in total. The van der Waals surface area contributed by atoms with Crippen molar-refractivity contribution in [3.8, 4) is 34.0 Å². The minimum absolute atomic E-state index is 0.334. The van der Waals surface area contributed by atoms with Gasteiger partial charge in [-0.3, -0.25) is 14.5 Å². The lowest BCUT2D eigenvalue weighted by Crippen LogP contribution is -2.24. The van der Waals surface area contributed by atoms with E-state index in [-0.39, 0.29) is 11.8 Å². The molecule has 6 heteroatoms. The van der Waals surface area contributed by atoms with E-state index in [4.69, 9.17) is 6.57 Å². The number of nitrogens with zero attached hydrogens (tertiary/aromatic N) is 4. The first-order chi connectivity index (χ1) is 20.0. The highest BCUT2D eigenvalue weighted by Gasteiger charge is 2.36. The molecule has 6 aromatic rings. The topological polar surface area (TPSA) is 70.5 Å². The minimum Gasteiger partial charge on any atom is -0.307 e. The van der Waals surface area contributed by atoms with Crippen LogP contribution in [0, 0.1) is 17.9 Å². The molecule has 0 N–H and O–H groups in total. The van der Waals surface area contributed by atoms with Crippen LogP contribution in [-0.4, -0.2) is 28.3 Å². The maximum absolute atomic E-state index is 13.5. The number of fused-ring (bicyclic) bond motifs is 4. The SMILES string of the molecule is [C-]#[N+]c1cccc(-c2cccc3c4cccc(-c5cccc(C#N)c5)c4n(-c4cccc5c4C(=O)N(C)C5=O)c23)c1. The molecule has 0 saturated carbocycles. The number of imide groups is 1. The Kier molecular flexibility index (Phi) is 5.32. The van der Waals surface area contributed by atoms with Crippen LogP contribution in [0.5, 0.6) is 0 Å². The van der Waals surface area contributed by atoms with Crippen molar-refractivity contribution in [1.82, 2.24) is 9.47 Å². The molecule has 7 rings (SSSR count). The zero-order chi connectivity index (χ0) is 28.2. The van der Waals surface area contributed by atoms with Crippen molar-refractivity contribution in [1.29, 1.82) is 5.26 Å². The number of carbonyl (C=O) groups is 2. The summed E-state index contributed by atoms with van der Waals surface area (Å²) in [6, 6.07) is 34.6. The summed E-state index contributed by atoms with van der Waals surface area (Å²) in [6.45, 7) is 7.55. The van der Waals surface area contributed by atoms with Crippen molar-refractivity contribution in [2.45, 2.75) is 0 Å². The summed E-state index contributed by atoms with van der Waals surface area (Å²) in [5.74, 6) is -0.688. The van der Waals surface area contributed by atoms with Gasteiger partial charge in [0.2, 0.25) is 0 Å². The van der Waals surface area contributed by atoms with E-state index in [0.29, 0.717) is 28.1 Å². The summed E-state index contributed by atoms with van der Waals surface area (Å²) >= 11 is 0. The van der Waals surface area contributed by atoms with E-state index in [9.17, 15) is 14.9 Å². The number of benzene rings is 5. The molecule has 0 saturated heterocycles. The Morgan fingerprint density at radius 3 is 1.95 bits per heavy atom. The Labute approximate surface area is 235 Å². The molecule has 0 unspecified atom stereocenters. The third kappa shape index (κ3) is 3.49. The van der Waals surface area contributed by atoms with Gasteiger partial charge in [0.15, 0.2) is 5.69 Å². The van der Waals surface area contributed by atoms with Crippen LogP contribution in [0.15, 0.2) is 103 Å². The average molecular weight is 529 g/mol. The number of carbonyl (C=O) groups excluding carboxylic acids is 2. The predicted molar refractivity (Wildman–Crippen MR) is 159 cm³/mol. The maximum atomic E-state index is 13.5. The highest BCUT2D eigenvalue weighted by molar-refractivity contribution is 6.24. The van der Waals surface area contributed by atoms with E-state index in [1.54, 1.807) is 24.3 Å². The van der Waals surface area contributed by atoms with E-state index in [1.807, 2.05) is 78.9 Å². The first-order valence-electron chi connectivity index (χ1n) is 13.0. The van der Waals surface area contributed by atoms with Gasteiger partial charge >= 0.3 is 0 Å². The molecule has 5 aromatic carbocycles. The Hall–Kier alpha value is -5.98. The number of hydrogen-bond acceptors (Lipinski definition) is 3. The summed E-state index contributed by atoms with van der Waals surface area (Å²) in [5, 5.41) is 11.5.